The van der Waals surface area contributed by atoms with Crippen molar-refractivity contribution in [3.05, 3.63) is 75.2 Å². The Morgan fingerprint density at radius 1 is 1.12 bits per heavy atom. The van der Waals surface area contributed by atoms with Crippen LogP contribution < -0.4 is 10.9 Å². The zero-order valence-electron chi connectivity index (χ0n) is 14.0. The molecule has 2 heterocycles. The molecular weight excluding hydrogens is 350 g/mol. The van der Waals surface area contributed by atoms with Gasteiger partial charge in [-0.3, -0.25) is 9.78 Å². The molecule has 4 aromatic rings. The van der Waals surface area contributed by atoms with Crippen LogP contribution in [0.1, 0.15) is 11.1 Å². The van der Waals surface area contributed by atoms with Gasteiger partial charge in [0.2, 0.25) is 5.95 Å². The molecule has 3 N–H and O–H groups in total. The lowest BCUT2D eigenvalue weighted by molar-refractivity contribution is 0.933. The van der Waals surface area contributed by atoms with E-state index in [-0.39, 0.29) is 5.56 Å². The normalized spacial score (nSPS) is 11.0. The first-order valence-electron chi connectivity index (χ1n) is 8.13. The van der Waals surface area contributed by atoms with E-state index in [1.807, 2.05) is 55.6 Å². The highest BCUT2D eigenvalue weighted by Crippen LogP contribution is 2.22. The fourth-order valence-electron chi connectivity index (χ4n) is 2.79. The molecule has 7 heteroatoms. The van der Waals surface area contributed by atoms with Crippen LogP contribution in [0, 0.1) is 6.92 Å². The third kappa shape index (κ3) is 3.19. The zero-order chi connectivity index (χ0) is 18.1. The molecule has 0 radical (unpaired) electrons. The number of rotatable bonds is 4. The topological polar surface area (TPSA) is 86.5 Å². The molecule has 0 aliphatic heterocycles. The van der Waals surface area contributed by atoms with Crippen molar-refractivity contribution in [2.24, 2.45) is 0 Å². The van der Waals surface area contributed by atoms with Gasteiger partial charge in [-0.15, -0.1) is 10.2 Å². The second-order valence-electron chi connectivity index (χ2n) is 6.07. The van der Waals surface area contributed by atoms with Gasteiger partial charge in [-0.1, -0.05) is 41.4 Å². The Labute approximate surface area is 154 Å². The molecule has 6 nitrogen and oxygen atoms in total. The number of benzene rings is 2. The molecule has 130 valence electrons. The number of H-pyrrole nitrogens is 2. The van der Waals surface area contributed by atoms with E-state index in [4.69, 9.17) is 11.6 Å². The van der Waals surface area contributed by atoms with E-state index in [9.17, 15) is 4.79 Å². The van der Waals surface area contributed by atoms with Crippen LogP contribution in [0.3, 0.4) is 0 Å². The molecule has 0 aliphatic carbocycles. The number of nitrogens with one attached hydrogen (secondary N) is 3. The van der Waals surface area contributed by atoms with Crippen molar-refractivity contribution in [2.75, 3.05) is 5.32 Å². The molecule has 0 saturated heterocycles. The van der Waals surface area contributed by atoms with Gasteiger partial charge in [-0.05, 0) is 30.7 Å². The highest BCUT2D eigenvalue weighted by atomic mass is 35.5. The number of fused-ring (bicyclic) bond motifs is 1. The van der Waals surface area contributed by atoms with E-state index >= 15 is 0 Å². The van der Waals surface area contributed by atoms with Gasteiger partial charge < -0.3 is 10.3 Å². The van der Waals surface area contributed by atoms with Gasteiger partial charge in [0.05, 0.1) is 0 Å². The fraction of sp³-hybridized carbons (Fsp3) is 0.105. The van der Waals surface area contributed by atoms with Gasteiger partial charge in [-0.25, -0.2) is 0 Å². The van der Waals surface area contributed by atoms with Gasteiger partial charge in [0.1, 0.15) is 0 Å². The summed E-state index contributed by atoms with van der Waals surface area (Å²) < 4.78 is 0. The SMILES string of the molecule is Cc1ccc(-c2nnc(NCc3c[nH]c4ccc(Cl)cc34)[nH]c2=O)cc1. The maximum absolute atomic E-state index is 12.3. The lowest BCUT2D eigenvalue weighted by Crippen LogP contribution is -2.16. The molecule has 0 atom stereocenters. The maximum atomic E-state index is 12.3. The van der Waals surface area contributed by atoms with Gasteiger partial charge in [0, 0.05) is 34.2 Å². The largest absolute Gasteiger partial charge is 0.361 e. The molecular formula is C19H16ClN5O. The summed E-state index contributed by atoms with van der Waals surface area (Å²) >= 11 is 6.07. The minimum Gasteiger partial charge on any atom is -0.361 e. The minimum absolute atomic E-state index is 0.284. The summed E-state index contributed by atoms with van der Waals surface area (Å²) in [5, 5.41) is 12.9. The molecule has 26 heavy (non-hydrogen) atoms. The predicted molar refractivity (Wildman–Crippen MR) is 103 cm³/mol. The van der Waals surface area contributed by atoms with Gasteiger partial charge >= 0.3 is 0 Å². The lowest BCUT2D eigenvalue weighted by atomic mass is 10.1. The van der Waals surface area contributed by atoms with Gasteiger partial charge in [-0.2, -0.15) is 0 Å². The van der Waals surface area contributed by atoms with E-state index in [1.165, 1.54) is 0 Å². The number of nitrogens with zero attached hydrogens (tertiary/aromatic N) is 2. The average Bonchev–Trinajstić information content (AvgIpc) is 3.03. The zero-order valence-corrected chi connectivity index (χ0v) is 14.8. The quantitative estimate of drug-likeness (QED) is 0.512. The van der Waals surface area contributed by atoms with Crippen molar-refractivity contribution < 1.29 is 0 Å². The fourth-order valence-corrected chi connectivity index (χ4v) is 2.96. The number of aromatic amines is 2. The molecule has 0 saturated carbocycles. The van der Waals surface area contributed by atoms with Crippen LogP contribution in [-0.4, -0.2) is 20.2 Å². The van der Waals surface area contributed by atoms with Crippen LogP contribution in [0.4, 0.5) is 5.95 Å². The summed E-state index contributed by atoms with van der Waals surface area (Å²) in [4.78, 5) is 18.2. The molecule has 0 bridgehead atoms. The Morgan fingerprint density at radius 3 is 2.69 bits per heavy atom. The second kappa shape index (κ2) is 6.65. The van der Waals surface area contributed by atoms with Crippen LogP contribution in [0.25, 0.3) is 22.2 Å². The van der Waals surface area contributed by atoms with E-state index in [1.54, 1.807) is 0 Å². The number of aromatic nitrogens is 4. The molecule has 0 spiro atoms. The lowest BCUT2D eigenvalue weighted by Gasteiger charge is -2.05. The summed E-state index contributed by atoms with van der Waals surface area (Å²) in [6.45, 7) is 2.47. The first-order valence-corrected chi connectivity index (χ1v) is 8.51. The standard InChI is InChI=1S/C19H16ClN5O/c1-11-2-4-12(5-3-11)17-18(26)23-19(25-24-17)22-10-13-9-21-16-7-6-14(20)8-15(13)16/h2-9,21H,10H2,1H3,(H2,22,23,25,26). The number of anilines is 1. The summed E-state index contributed by atoms with van der Waals surface area (Å²) in [5.74, 6) is 0.322. The summed E-state index contributed by atoms with van der Waals surface area (Å²) in [6.07, 6.45) is 1.90. The Bertz CT molecular complexity index is 1130. The first-order chi connectivity index (χ1) is 12.6. The first kappa shape index (κ1) is 16.4. The monoisotopic (exact) mass is 365 g/mol. The van der Waals surface area contributed by atoms with Gasteiger partial charge in [0.15, 0.2) is 5.69 Å². The smallest absolute Gasteiger partial charge is 0.279 e. The van der Waals surface area contributed by atoms with E-state index in [0.29, 0.717) is 23.2 Å². The predicted octanol–water partition coefficient (Wildman–Crippen LogP) is 3.89. The summed E-state index contributed by atoms with van der Waals surface area (Å²) in [5.41, 5.74) is 3.90. The van der Waals surface area contributed by atoms with Crippen molar-refractivity contribution in [1.82, 2.24) is 20.2 Å². The molecule has 2 aromatic heterocycles. The molecule has 0 aliphatic rings. The van der Waals surface area contributed by atoms with E-state index in [2.05, 4.69) is 25.5 Å². The second-order valence-corrected chi connectivity index (χ2v) is 6.51. The van der Waals surface area contributed by atoms with Crippen LogP contribution >= 0.6 is 11.6 Å². The number of hydrogen-bond acceptors (Lipinski definition) is 4. The maximum Gasteiger partial charge on any atom is 0.279 e. The average molecular weight is 366 g/mol. The van der Waals surface area contributed by atoms with Crippen LogP contribution in [-0.2, 0) is 6.54 Å². The Balaban J connectivity index is 1.55. The van der Waals surface area contributed by atoms with Crippen LogP contribution in [0.2, 0.25) is 5.02 Å². The summed E-state index contributed by atoms with van der Waals surface area (Å²) in [7, 11) is 0. The molecule has 2 aromatic carbocycles. The van der Waals surface area contributed by atoms with Crippen LogP contribution in [0.5, 0.6) is 0 Å². The van der Waals surface area contributed by atoms with Crippen molar-refractivity contribution in [2.45, 2.75) is 13.5 Å². The third-order valence-corrected chi connectivity index (χ3v) is 4.43. The number of halogens is 1. The van der Waals surface area contributed by atoms with E-state index in [0.717, 1.165) is 27.6 Å². The molecule has 0 unspecified atom stereocenters. The van der Waals surface area contributed by atoms with Gasteiger partial charge in [0.25, 0.3) is 5.56 Å². The van der Waals surface area contributed by atoms with Crippen molar-refractivity contribution in [3.63, 3.8) is 0 Å². The number of hydrogen-bond donors (Lipinski definition) is 3. The minimum atomic E-state index is -0.284. The Morgan fingerprint density at radius 2 is 1.92 bits per heavy atom. The van der Waals surface area contributed by atoms with Crippen molar-refractivity contribution in [1.29, 1.82) is 0 Å². The highest BCUT2D eigenvalue weighted by Gasteiger charge is 2.09. The highest BCUT2D eigenvalue weighted by molar-refractivity contribution is 6.31. The summed E-state index contributed by atoms with van der Waals surface area (Å²) in [6, 6.07) is 13.3. The van der Waals surface area contributed by atoms with E-state index < -0.39 is 0 Å². The van der Waals surface area contributed by atoms with Crippen molar-refractivity contribution in [3.8, 4) is 11.3 Å². The third-order valence-electron chi connectivity index (χ3n) is 4.20. The molecule has 0 amide bonds. The van der Waals surface area contributed by atoms with Crippen LogP contribution in [0.15, 0.2) is 53.5 Å². The molecule has 4 rings (SSSR count). The Kier molecular flexibility index (Phi) is 4.18. The van der Waals surface area contributed by atoms with Crippen molar-refractivity contribution >= 4 is 28.5 Å². The Hall–Kier alpha value is -3.12. The molecule has 0 fully saturated rings. The number of aryl methyl sites for hydroxylation is 1.